The highest BCUT2D eigenvalue weighted by Gasteiger charge is 2.10. The molecule has 0 spiro atoms. The fraction of sp³-hybridized carbons (Fsp3) is 0.286. The van der Waals surface area contributed by atoms with E-state index in [1.807, 2.05) is 36.4 Å². The van der Waals surface area contributed by atoms with Crippen molar-refractivity contribution in [1.29, 1.82) is 0 Å². The molecule has 0 fully saturated rings. The summed E-state index contributed by atoms with van der Waals surface area (Å²) in [5.41, 5.74) is 6.17. The molecule has 1 aromatic heterocycles. The normalized spacial score (nSPS) is 11.0. The second-order valence-electron chi connectivity index (χ2n) is 6.45. The summed E-state index contributed by atoms with van der Waals surface area (Å²) in [4.78, 5) is 2.29. The number of hydrogen-bond acceptors (Lipinski definition) is 8. The molecule has 0 radical (unpaired) electrons. The Labute approximate surface area is 181 Å². The van der Waals surface area contributed by atoms with E-state index in [1.165, 1.54) is 22.1 Å². The van der Waals surface area contributed by atoms with Crippen molar-refractivity contribution < 1.29 is 4.74 Å². The molecule has 0 bridgehead atoms. The Hall–Kier alpha value is -3.20. The number of thioether (sulfide) groups is 1. The smallest absolute Gasteiger partial charge is 0.264 e. The fourth-order valence-corrected chi connectivity index (χ4v) is 3.66. The topological polar surface area (TPSA) is 93.6 Å². The van der Waals surface area contributed by atoms with E-state index in [-0.39, 0.29) is 0 Å². The average molecular weight is 426 g/mol. The van der Waals surface area contributed by atoms with Gasteiger partial charge in [0, 0.05) is 24.5 Å². The van der Waals surface area contributed by atoms with E-state index in [1.54, 1.807) is 13.3 Å². The quantitative estimate of drug-likeness (QED) is 0.222. The second kappa shape index (κ2) is 10.5. The molecule has 0 atom stereocenters. The molecule has 1 heterocycles. The van der Waals surface area contributed by atoms with Crippen molar-refractivity contribution in [1.82, 2.24) is 14.9 Å². The number of nitrogen functional groups attached to an aromatic ring is 1. The van der Waals surface area contributed by atoms with Crippen LogP contribution in [0.2, 0.25) is 0 Å². The van der Waals surface area contributed by atoms with Gasteiger partial charge >= 0.3 is 0 Å². The number of hydrazone groups is 1. The van der Waals surface area contributed by atoms with Crippen molar-refractivity contribution >= 4 is 29.6 Å². The van der Waals surface area contributed by atoms with Crippen LogP contribution in [-0.4, -0.2) is 41.3 Å². The summed E-state index contributed by atoms with van der Waals surface area (Å²) < 4.78 is 6.57. The van der Waals surface area contributed by atoms with Gasteiger partial charge in [-0.25, -0.2) is 10.1 Å². The lowest BCUT2D eigenvalue weighted by Gasteiger charge is -2.20. The number of nitrogens with one attached hydrogen (secondary N) is 1. The number of ether oxygens (including phenoxy) is 1. The van der Waals surface area contributed by atoms with Gasteiger partial charge in [0.2, 0.25) is 5.16 Å². The molecule has 158 valence electrons. The fourth-order valence-electron chi connectivity index (χ4n) is 2.85. The minimum Gasteiger partial charge on any atom is -0.497 e. The average Bonchev–Trinajstić information content (AvgIpc) is 3.14. The number of nitrogens with two attached hydrogens (primary N) is 1. The monoisotopic (exact) mass is 425 g/mol. The molecule has 3 N–H and O–H groups in total. The highest BCUT2D eigenvalue weighted by molar-refractivity contribution is 7.98. The van der Waals surface area contributed by atoms with E-state index in [0.29, 0.717) is 11.1 Å². The largest absolute Gasteiger partial charge is 0.497 e. The summed E-state index contributed by atoms with van der Waals surface area (Å²) in [5.74, 6) is 8.02. The lowest BCUT2D eigenvalue weighted by atomic mass is 10.2. The molecule has 0 aliphatic rings. The lowest BCUT2D eigenvalue weighted by Crippen LogP contribution is -2.21. The summed E-state index contributed by atoms with van der Waals surface area (Å²) in [6, 6.07) is 16.1. The molecule has 0 aliphatic heterocycles. The van der Waals surface area contributed by atoms with Gasteiger partial charge in [0.25, 0.3) is 5.95 Å². The Morgan fingerprint density at radius 3 is 2.43 bits per heavy atom. The Morgan fingerprint density at radius 2 is 1.80 bits per heavy atom. The van der Waals surface area contributed by atoms with Crippen molar-refractivity contribution in [3.05, 3.63) is 59.7 Å². The van der Waals surface area contributed by atoms with E-state index < -0.39 is 0 Å². The van der Waals surface area contributed by atoms with Crippen LogP contribution < -0.4 is 20.9 Å². The van der Waals surface area contributed by atoms with Gasteiger partial charge in [-0.3, -0.25) is 0 Å². The van der Waals surface area contributed by atoms with Crippen molar-refractivity contribution in [2.24, 2.45) is 5.10 Å². The zero-order valence-corrected chi connectivity index (χ0v) is 18.3. The summed E-state index contributed by atoms with van der Waals surface area (Å²) >= 11 is 1.50. The van der Waals surface area contributed by atoms with Gasteiger partial charge in [-0.1, -0.05) is 36.0 Å². The molecule has 0 unspecified atom stereocenters. The van der Waals surface area contributed by atoms with Gasteiger partial charge in [0.05, 0.1) is 13.3 Å². The Balaban J connectivity index is 1.55. The van der Waals surface area contributed by atoms with Crippen LogP contribution in [0.5, 0.6) is 5.75 Å². The minimum atomic E-state index is 0.378. The van der Waals surface area contributed by atoms with E-state index >= 15 is 0 Å². The van der Waals surface area contributed by atoms with E-state index in [9.17, 15) is 0 Å². The van der Waals surface area contributed by atoms with E-state index in [2.05, 4.69) is 51.6 Å². The number of methoxy groups -OCH3 is 1. The standard InChI is InChI=1S/C21H27N7OS/c1-4-27(5-2)18-10-6-16(7-11-18)14-23-24-20-25-26-21(28(20)22)30-15-17-8-12-19(29-3)13-9-17/h6-14H,4-5,15,22H2,1-3H3,(H,24,25)/b23-14+. The van der Waals surface area contributed by atoms with Crippen molar-refractivity contribution in [3.8, 4) is 5.75 Å². The summed E-state index contributed by atoms with van der Waals surface area (Å²) in [5, 5.41) is 13.0. The first-order chi connectivity index (χ1) is 14.6. The lowest BCUT2D eigenvalue weighted by molar-refractivity contribution is 0.414. The first kappa shape index (κ1) is 21.5. The SMILES string of the molecule is CCN(CC)c1ccc(/C=N/Nc2nnc(SCc3ccc(OC)cc3)n2N)cc1. The van der Waals surface area contributed by atoms with Crippen molar-refractivity contribution in [2.45, 2.75) is 24.8 Å². The third-order valence-corrected chi connectivity index (χ3v) is 5.61. The van der Waals surface area contributed by atoms with Crippen LogP contribution in [0.3, 0.4) is 0 Å². The molecular formula is C21H27N7OS. The van der Waals surface area contributed by atoms with Gasteiger partial charge in [-0.15, -0.1) is 10.2 Å². The van der Waals surface area contributed by atoms with Gasteiger partial charge in [-0.2, -0.15) is 5.10 Å². The molecule has 9 heteroatoms. The highest BCUT2D eigenvalue weighted by atomic mass is 32.2. The number of hydrogen-bond donors (Lipinski definition) is 2. The Bertz CT molecular complexity index is 950. The molecule has 30 heavy (non-hydrogen) atoms. The molecule has 0 saturated carbocycles. The molecule has 0 aliphatic carbocycles. The first-order valence-electron chi connectivity index (χ1n) is 9.74. The molecule has 8 nitrogen and oxygen atoms in total. The predicted octanol–water partition coefficient (Wildman–Crippen LogP) is 3.59. The maximum atomic E-state index is 6.09. The Morgan fingerprint density at radius 1 is 1.10 bits per heavy atom. The van der Waals surface area contributed by atoms with Crippen LogP contribution in [0.1, 0.15) is 25.0 Å². The maximum absolute atomic E-state index is 6.09. The summed E-state index contributed by atoms with van der Waals surface area (Å²) in [6.07, 6.45) is 1.73. The number of rotatable bonds is 10. The predicted molar refractivity (Wildman–Crippen MR) is 124 cm³/mol. The van der Waals surface area contributed by atoms with Gasteiger partial charge < -0.3 is 15.5 Å². The number of aromatic nitrogens is 3. The number of anilines is 2. The minimum absolute atomic E-state index is 0.378. The number of nitrogens with zero attached hydrogens (tertiary/aromatic N) is 5. The zero-order valence-electron chi connectivity index (χ0n) is 17.4. The molecule has 3 aromatic rings. The Kier molecular flexibility index (Phi) is 7.56. The molecular weight excluding hydrogens is 398 g/mol. The molecule has 2 aromatic carbocycles. The summed E-state index contributed by atoms with van der Waals surface area (Å²) in [7, 11) is 1.65. The van der Waals surface area contributed by atoms with Crippen LogP contribution >= 0.6 is 11.8 Å². The van der Waals surface area contributed by atoms with Crippen LogP contribution in [0.15, 0.2) is 58.8 Å². The first-order valence-corrected chi connectivity index (χ1v) is 10.7. The van der Waals surface area contributed by atoms with Crippen molar-refractivity contribution in [2.75, 3.05) is 36.4 Å². The van der Waals surface area contributed by atoms with Crippen molar-refractivity contribution in [3.63, 3.8) is 0 Å². The third-order valence-electron chi connectivity index (χ3n) is 4.59. The van der Waals surface area contributed by atoms with Gasteiger partial charge in [0.15, 0.2) is 0 Å². The summed E-state index contributed by atoms with van der Waals surface area (Å²) in [6.45, 7) is 6.26. The van der Waals surface area contributed by atoms with Crippen LogP contribution in [-0.2, 0) is 5.75 Å². The molecule has 0 amide bonds. The van der Waals surface area contributed by atoms with Crippen LogP contribution in [0.25, 0.3) is 0 Å². The van der Waals surface area contributed by atoms with E-state index in [0.717, 1.165) is 35.7 Å². The molecule has 3 rings (SSSR count). The highest BCUT2D eigenvalue weighted by Crippen LogP contribution is 2.23. The van der Waals surface area contributed by atoms with Crippen LogP contribution in [0, 0.1) is 0 Å². The van der Waals surface area contributed by atoms with Gasteiger partial charge in [0.1, 0.15) is 5.75 Å². The van der Waals surface area contributed by atoms with Crippen LogP contribution in [0.4, 0.5) is 11.6 Å². The second-order valence-corrected chi connectivity index (χ2v) is 7.39. The maximum Gasteiger partial charge on any atom is 0.264 e. The van der Waals surface area contributed by atoms with E-state index in [4.69, 9.17) is 10.6 Å². The van der Waals surface area contributed by atoms with Gasteiger partial charge in [-0.05, 0) is 49.2 Å². The number of benzene rings is 2. The molecule has 0 saturated heterocycles. The third kappa shape index (κ3) is 5.44. The zero-order chi connectivity index (χ0) is 21.3.